The first-order valence-electron chi connectivity index (χ1n) is 16.0. The maximum Gasteiger partial charge on any atom is 0.252 e. The Bertz CT molecular complexity index is 1070. The number of amides is 1. The van der Waals surface area contributed by atoms with Crippen molar-refractivity contribution in [2.45, 2.75) is 126 Å². The van der Waals surface area contributed by atoms with Crippen LogP contribution in [0.4, 0.5) is 0 Å². The molecule has 0 aromatic heterocycles. The van der Waals surface area contributed by atoms with Gasteiger partial charge in [-0.05, 0) is 117 Å². The molecule has 1 amide bonds. The van der Waals surface area contributed by atoms with Gasteiger partial charge in [0.05, 0.1) is 6.61 Å². The molecule has 9 atom stereocenters. The molecule has 0 saturated heterocycles. The molecule has 0 aromatic rings. The maximum absolute atomic E-state index is 14.5. The van der Waals surface area contributed by atoms with Gasteiger partial charge in [0.1, 0.15) is 0 Å². The molecule has 0 aliphatic heterocycles. The van der Waals surface area contributed by atoms with Gasteiger partial charge in [-0.25, -0.2) is 5.06 Å². The van der Waals surface area contributed by atoms with Crippen LogP contribution in [0, 0.1) is 50.2 Å². The molecule has 0 aromatic carbocycles. The number of hydrogen-bond acceptors (Lipinski definition) is 4. The number of ketones is 1. The lowest BCUT2D eigenvalue weighted by Gasteiger charge is -2.70. The molecular formula is C34H56N2O3. The average Bonchev–Trinajstić information content (AvgIpc) is 2.87. The molecule has 4 fully saturated rings. The van der Waals surface area contributed by atoms with E-state index >= 15 is 0 Å². The normalized spacial score (nSPS) is 48.7. The smallest absolute Gasteiger partial charge is 0.252 e. The number of carbonyl (C=O) groups is 2. The van der Waals surface area contributed by atoms with Crippen molar-refractivity contribution in [3.05, 3.63) is 11.6 Å². The molecule has 0 bridgehead atoms. The van der Waals surface area contributed by atoms with Gasteiger partial charge >= 0.3 is 0 Å². The molecule has 220 valence electrons. The highest BCUT2D eigenvalue weighted by atomic mass is 16.7. The third kappa shape index (κ3) is 3.84. The highest BCUT2D eigenvalue weighted by molar-refractivity contribution is 5.95. The molecule has 5 aliphatic rings. The predicted octanol–water partition coefficient (Wildman–Crippen LogP) is 7.09. The van der Waals surface area contributed by atoms with Crippen molar-refractivity contribution in [1.29, 1.82) is 0 Å². The third-order valence-corrected chi connectivity index (χ3v) is 14.0. The van der Waals surface area contributed by atoms with Gasteiger partial charge in [0, 0.05) is 23.9 Å². The second-order valence-electron chi connectivity index (χ2n) is 16.1. The van der Waals surface area contributed by atoms with E-state index in [4.69, 9.17) is 10.6 Å². The monoisotopic (exact) mass is 540 g/mol. The molecule has 0 heterocycles. The van der Waals surface area contributed by atoms with Crippen LogP contribution in [0.3, 0.4) is 0 Å². The van der Waals surface area contributed by atoms with Gasteiger partial charge in [-0.3, -0.25) is 14.4 Å². The van der Waals surface area contributed by atoms with Gasteiger partial charge in [0.15, 0.2) is 5.78 Å². The summed E-state index contributed by atoms with van der Waals surface area (Å²) in [6.45, 7) is 21.7. The Morgan fingerprint density at radius 1 is 0.974 bits per heavy atom. The molecular weight excluding hydrogens is 484 g/mol. The van der Waals surface area contributed by atoms with Crippen LogP contribution in [0.15, 0.2) is 11.6 Å². The number of allylic oxidation sites excluding steroid dienone is 2. The zero-order valence-electron chi connectivity index (χ0n) is 26.4. The first-order chi connectivity index (χ1) is 18.0. The van der Waals surface area contributed by atoms with Crippen molar-refractivity contribution in [1.82, 2.24) is 5.06 Å². The first-order valence-corrected chi connectivity index (χ1v) is 16.0. The van der Waals surface area contributed by atoms with Gasteiger partial charge < -0.3 is 5.73 Å². The number of fused-ring (bicyclic) bond motifs is 7. The van der Waals surface area contributed by atoms with E-state index in [2.05, 4.69) is 54.5 Å². The maximum atomic E-state index is 14.5. The molecule has 5 rings (SSSR count). The Balaban J connectivity index is 1.56. The highest BCUT2D eigenvalue weighted by Gasteiger charge is 2.70. The lowest BCUT2D eigenvalue weighted by atomic mass is 9.33. The lowest BCUT2D eigenvalue weighted by Crippen LogP contribution is -2.67. The summed E-state index contributed by atoms with van der Waals surface area (Å²) in [5, 5.41) is 1.58. The van der Waals surface area contributed by atoms with Crippen LogP contribution < -0.4 is 5.73 Å². The summed E-state index contributed by atoms with van der Waals surface area (Å²) in [4.78, 5) is 34.1. The highest BCUT2D eigenvalue weighted by Crippen LogP contribution is 2.75. The van der Waals surface area contributed by atoms with Crippen LogP contribution in [0.25, 0.3) is 0 Å². The SMILES string of the molecule is CCON(CC)C(=O)[C@@]1(C)CC[C@]2(C)CC[C@]3(C)C(=CC(=O)[C@@H]4[C@@]5(C)CC[C@H](N)C(C)(C)C5CC[C@]43C)[C@@H]2C1. The van der Waals surface area contributed by atoms with Crippen LogP contribution in [0.1, 0.15) is 120 Å². The molecule has 0 radical (unpaired) electrons. The summed E-state index contributed by atoms with van der Waals surface area (Å²) in [7, 11) is 0. The second-order valence-corrected chi connectivity index (χ2v) is 16.1. The minimum absolute atomic E-state index is 0.0224. The molecule has 1 unspecified atom stereocenters. The van der Waals surface area contributed by atoms with Gasteiger partial charge in [-0.15, -0.1) is 0 Å². The van der Waals surface area contributed by atoms with Gasteiger partial charge in [0.25, 0.3) is 5.91 Å². The Morgan fingerprint density at radius 2 is 1.64 bits per heavy atom. The lowest BCUT2D eigenvalue weighted by molar-refractivity contribution is -0.201. The first kappa shape index (κ1) is 29.3. The predicted molar refractivity (Wildman–Crippen MR) is 156 cm³/mol. The Labute approximate surface area is 238 Å². The quantitative estimate of drug-likeness (QED) is 0.386. The van der Waals surface area contributed by atoms with Crippen molar-refractivity contribution >= 4 is 11.7 Å². The molecule has 5 aliphatic carbocycles. The Kier molecular flexibility index (Phi) is 6.87. The van der Waals surface area contributed by atoms with E-state index in [1.807, 2.05) is 13.8 Å². The fourth-order valence-corrected chi connectivity index (χ4v) is 11.2. The fraction of sp³-hybridized carbons (Fsp3) is 0.882. The summed E-state index contributed by atoms with van der Waals surface area (Å²) in [5.41, 5.74) is 7.65. The van der Waals surface area contributed by atoms with Crippen LogP contribution in [0.5, 0.6) is 0 Å². The number of nitrogens with two attached hydrogens (primary N) is 1. The fourth-order valence-electron chi connectivity index (χ4n) is 11.2. The van der Waals surface area contributed by atoms with Crippen molar-refractivity contribution in [3.8, 4) is 0 Å². The zero-order valence-corrected chi connectivity index (χ0v) is 26.4. The van der Waals surface area contributed by atoms with Crippen molar-refractivity contribution in [2.24, 2.45) is 56.0 Å². The topological polar surface area (TPSA) is 72.6 Å². The summed E-state index contributed by atoms with van der Waals surface area (Å²) in [6, 6.07) is 0.201. The number of carbonyl (C=O) groups excluding carboxylic acids is 2. The second kappa shape index (κ2) is 9.15. The molecule has 2 N–H and O–H groups in total. The summed E-state index contributed by atoms with van der Waals surface area (Å²) in [5.74, 6) is 1.23. The molecule has 39 heavy (non-hydrogen) atoms. The summed E-state index contributed by atoms with van der Waals surface area (Å²) in [6.07, 6.45) is 11.4. The Morgan fingerprint density at radius 3 is 2.28 bits per heavy atom. The van der Waals surface area contributed by atoms with Crippen molar-refractivity contribution < 1.29 is 14.4 Å². The van der Waals surface area contributed by atoms with Gasteiger partial charge in [0.2, 0.25) is 0 Å². The molecule has 0 spiro atoms. The van der Waals surface area contributed by atoms with E-state index in [0.717, 1.165) is 51.4 Å². The molecule has 5 nitrogen and oxygen atoms in total. The van der Waals surface area contributed by atoms with Crippen LogP contribution in [-0.2, 0) is 14.4 Å². The number of nitrogens with zero attached hydrogens (tertiary/aromatic N) is 1. The van der Waals surface area contributed by atoms with E-state index in [1.165, 1.54) is 12.0 Å². The number of rotatable bonds is 4. The van der Waals surface area contributed by atoms with E-state index in [0.29, 0.717) is 24.9 Å². The summed E-state index contributed by atoms with van der Waals surface area (Å²) < 4.78 is 0. The standard InChI is InChI=1S/C34H56N2O3/c1-10-36(39-11-2)28(38)31(6)17-16-30(5)18-19-33(8)22(23(30)21-31)20-24(37)27-32(7)14-13-26(35)29(3,4)25(32)12-15-34(27,33)9/h20,23,25-27H,10-19,21,35H2,1-9H3/t23-,25?,26-,27+,30+,31-,32-,33+,34+/m0/s1. The summed E-state index contributed by atoms with van der Waals surface area (Å²) >= 11 is 0. The third-order valence-electron chi connectivity index (χ3n) is 14.0. The van der Waals surface area contributed by atoms with E-state index in [1.54, 1.807) is 5.06 Å². The minimum Gasteiger partial charge on any atom is -0.327 e. The van der Waals surface area contributed by atoms with Crippen LogP contribution in [-0.4, -0.2) is 35.9 Å². The minimum atomic E-state index is -0.470. The molecule has 5 heteroatoms. The van der Waals surface area contributed by atoms with Crippen LogP contribution >= 0.6 is 0 Å². The Hall–Kier alpha value is -1.20. The van der Waals surface area contributed by atoms with E-state index in [9.17, 15) is 9.59 Å². The number of hydrogen-bond donors (Lipinski definition) is 1. The van der Waals surface area contributed by atoms with E-state index in [-0.39, 0.29) is 50.9 Å². The number of hydroxylamine groups is 2. The zero-order chi connectivity index (χ0) is 28.8. The van der Waals surface area contributed by atoms with Crippen molar-refractivity contribution in [3.63, 3.8) is 0 Å². The van der Waals surface area contributed by atoms with Gasteiger partial charge in [-0.1, -0.05) is 54.0 Å². The largest absolute Gasteiger partial charge is 0.327 e. The molecule has 4 saturated carbocycles. The average molecular weight is 541 g/mol. The van der Waals surface area contributed by atoms with Gasteiger partial charge in [-0.2, -0.15) is 0 Å². The van der Waals surface area contributed by atoms with E-state index < -0.39 is 5.41 Å². The van der Waals surface area contributed by atoms with Crippen molar-refractivity contribution in [2.75, 3.05) is 13.2 Å². The van der Waals surface area contributed by atoms with Crippen LogP contribution in [0.2, 0.25) is 0 Å².